The van der Waals surface area contributed by atoms with Crippen LogP contribution in [0.1, 0.15) is 44.9 Å². The minimum absolute atomic E-state index is 1.32. The zero-order chi connectivity index (χ0) is 17.0. The maximum Gasteiger partial charge on any atom is 0.132 e. The number of hydrogen-bond donors (Lipinski definition) is 0. The molecule has 136 valence electrons. The van der Waals surface area contributed by atoms with Crippen LogP contribution in [-0.2, 0) is 0 Å². The number of hydrogen-bond acceptors (Lipinski definition) is 2. The van der Waals surface area contributed by atoms with E-state index in [1.54, 1.807) is 0 Å². The fourth-order valence-electron chi connectivity index (χ4n) is 4.70. The normalized spacial score (nSPS) is 22.6. The van der Waals surface area contributed by atoms with Gasteiger partial charge in [0, 0.05) is 0 Å². The standard InChI is InChI=1S/C20H37NOSi2/c1-23(2,3)19-11-12-20(22-19)24(16-8-5-9-17-24)18-10-15-21-13-6-4-7-14-21/h11-12H,4-10,13-18H2,1-3H3. The maximum atomic E-state index is 6.54. The monoisotopic (exact) mass is 363 g/mol. The zero-order valence-corrected chi connectivity index (χ0v) is 18.2. The summed E-state index contributed by atoms with van der Waals surface area (Å²) in [5, 5.41) is 2.78. The van der Waals surface area contributed by atoms with E-state index in [4.69, 9.17) is 4.42 Å². The Balaban J connectivity index is 1.66. The van der Waals surface area contributed by atoms with Gasteiger partial charge in [-0.25, -0.2) is 0 Å². The second-order valence-electron chi connectivity index (χ2n) is 9.26. The molecule has 0 saturated carbocycles. The number of rotatable bonds is 6. The molecule has 0 atom stereocenters. The molecule has 3 rings (SSSR count). The highest BCUT2D eigenvalue weighted by molar-refractivity contribution is 6.92. The van der Waals surface area contributed by atoms with Gasteiger partial charge in [0.2, 0.25) is 0 Å². The fourth-order valence-corrected chi connectivity index (χ4v) is 10.7. The van der Waals surface area contributed by atoms with Crippen LogP contribution in [0.4, 0.5) is 0 Å². The zero-order valence-electron chi connectivity index (χ0n) is 16.2. The molecule has 1 aromatic rings. The summed E-state index contributed by atoms with van der Waals surface area (Å²) in [5.74, 6) is 0. The maximum absolute atomic E-state index is 6.54. The highest BCUT2D eigenvalue weighted by Gasteiger charge is 2.39. The molecule has 0 unspecified atom stereocenters. The van der Waals surface area contributed by atoms with E-state index in [9.17, 15) is 0 Å². The predicted octanol–water partition coefficient (Wildman–Crippen LogP) is 4.54. The van der Waals surface area contributed by atoms with E-state index < -0.39 is 16.1 Å². The fraction of sp³-hybridized carbons (Fsp3) is 0.800. The first-order valence-electron chi connectivity index (χ1n) is 10.3. The van der Waals surface area contributed by atoms with Gasteiger partial charge in [0.15, 0.2) is 0 Å². The van der Waals surface area contributed by atoms with Gasteiger partial charge in [-0.2, -0.15) is 0 Å². The van der Waals surface area contributed by atoms with E-state index in [0.717, 1.165) is 0 Å². The molecule has 0 aromatic carbocycles. The van der Waals surface area contributed by atoms with Crippen molar-refractivity contribution in [1.29, 1.82) is 0 Å². The Bertz CT molecular complexity index is 508. The Morgan fingerprint density at radius 3 is 2.25 bits per heavy atom. The summed E-state index contributed by atoms with van der Waals surface area (Å²) in [5.41, 5.74) is 0. The van der Waals surface area contributed by atoms with Crippen LogP contribution < -0.4 is 10.8 Å². The van der Waals surface area contributed by atoms with Gasteiger partial charge < -0.3 is 9.32 Å². The van der Waals surface area contributed by atoms with E-state index in [1.165, 1.54) is 93.5 Å². The lowest BCUT2D eigenvalue weighted by Crippen LogP contribution is -2.49. The van der Waals surface area contributed by atoms with Gasteiger partial charge >= 0.3 is 0 Å². The molecule has 3 heterocycles. The van der Waals surface area contributed by atoms with Gasteiger partial charge in [-0.05, 0) is 57.1 Å². The molecule has 2 aliphatic heterocycles. The van der Waals surface area contributed by atoms with Crippen molar-refractivity contribution >= 4 is 26.9 Å². The Kier molecular flexibility index (Phi) is 6.09. The van der Waals surface area contributed by atoms with Crippen molar-refractivity contribution < 1.29 is 4.42 Å². The summed E-state index contributed by atoms with van der Waals surface area (Å²) in [6.07, 6.45) is 10.0. The first kappa shape index (κ1) is 18.5. The van der Waals surface area contributed by atoms with Gasteiger partial charge in [-0.3, -0.25) is 0 Å². The number of likely N-dealkylation sites (tertiary alicyclic amines) is 1. The summed E-state index contributed by atoms with van der Waals surface area (Å²) in [6, 6.07) is 9.14. The molecular formula is C20H37NOSi2. The highest BCUT2D eigenvalue weighted by Crippen LogP contribution is 2.33. The van der Waals surface area contributed by atoms with Crippen molar-refractivity contribution in [3.8, 4) is 0 Å². The molecule has 2 saturated heterocycles. The quantitative estimate of drug-likeness (QED) is 0.690. The summed E-state index contributed by atoms with van der Waals surface area (Å²) in [4.78, 5) is 2.71. The van der Waals surface area contributed by atoms with Crippen LogP contribution >= 0.6 is 0 Å². The molecule has 24 heavy (non-hydrogen) atoms. The summed E-state index contributed by atoms with van der Waals surface area (Å²) in [6.45, 7) is 11.2. The van der Waals surface area contributed by atoms with Gasteiger partial charge in [0.25, 0.3) is 0 Å². The van der Waals surface area contributed by atoms with Crippen LogP contribution in [0.25, 0.3) is 0 Å². The molecule has 0 N–H and O–H groups in total. The van der Waals surface area contributed by atoms with E-state index in [-0.39, 0.29) is 0 Å². The Labute approximate surface area is 151 Å². The van der Waals surface area contributed by atoms with Crippen molar-refractivity contribution in [1.82, 2.24) is 4.90 Å². The molecule has 1 aromatic heterocycles. The van der Waals surface area contributed by atoms with E-state index in [2.05, 4.69) is 36.7 Å². The van der Waals surface area contributed by atoms with Gasteiger partial charge in [-0.15, -0.1) is 0 Å². The third kappa shape index (κ3) is 4.44. The summed E-state index contributed by atoms with van der Waals surface area (Å²) in [7, 11) is -2.69. The molecule has 2 aliphatic rings. The van der Waals surface area contributed by atoms with Crippen LogP contribution in [0.5, 0.6) is 0 Å². The van der Waals surface area contributed by atoms with Crippen LogP contribution in [0.15, 0.2) is 16.5 Å². The summed E-state index contributed by atoms with van der Waals surface area (Å²) >= 11 is 0. The van der Waals surface area contributed by atoms with Crippen molar-refractivity contribution in [3.63, 3.8) is 0 Å². The molecule has 2 fully saturated rings. The SMILES string of the molecule is C[Si](C)(C)c1ccc([Si]2(CCCN3CCCCC3)CCCCC2)o1. The summed E-state index contributed by atoms with van der Waals surface area (Å²) < 4.78 is 6.54. The van der Waals surface area contributed by atoms with E-state index in [0.29, 0.717) is 0 Å². The third-order valence-corrected chi connectivity index (χ3v) is 13.3. The minimum atomic E-state index is -1.37. The topological polar surface area (TPSA) is 16.4 Å². The van der Waals surface area contributed by atoms with Crippen LogP contribution in [-0.4, -0.2) is 40.7 Å². The lowest BCUT2D eigenvalue weighted by molar-refractivity contribution is 0.229. The number of piperidine rings is 1. The van der Waals surface area contributed by atoms with Crippen LogP contribution in [0.3, 0.4) is 0 Å². The van der Waals surface area contributed by atoms with Crippen LogP contribution in [0.2, 0.25) is 37.8 Å². The van der Waals surface area contributed by atoms with Crippen LogP contribution in [0, 0.1) is 0 Å². The Morgan fingerprint density at radius 2 is 1.62 bits per heavy atom. The number of nitrogens with zero attached hydrogens (tertiary/aromatic N) is 1. The molecule has 0 bridgehead atoms. The lowest BCUT2D eigenvalue weighted by atomic mass is 10.1. The Morgan fingerprint density at radius 1 is 0.958 bits per heavy atom. The Hall–Kier alpha value is -0.326. The van der Waals surface area contributed by atoms with Crippen molar-refractivity contribution in [2.24, 2.45) is 0 Å². The molecule has 2 nitrogen and oxygen atoms in total. The van der Waals surface area contributed by atoms with Gasteiger partial charge in [0.1, 0.15) is 16.1 Å². The average Bonchev–Trinajstić information content (AvgIpc) is 3.08. The molecular weight excluding hydrogens is 326 g/mol. The van der Waals surface area contributed by atoms with Crippen molar-refractivity contribution in [3.05, 3.63) is 12.1 Å². The highest BCUT2D eigenvalue weighted by atomic mass is 28.3. The molecule has 0 radical (unpaired) electrons. The van der Waals surface area contributed by atoms with Gasteiger partial charge in [0.05, 0.1) is 10.8 Å². The van der Waals surface area contributed by atoms with E-state index in [1.807, 2.05) is 0 Å². The third-order valence-electron chi connectivity index (χ3n) is 6.26. The minimum Gasteiger partial charge on any atom is -0.476 e. The molecule has 4 heteroatoms. The lowest BCUT2D eigenvalue weighted by Gasteiger charge is -2.35. The van der Waals surface area contributed by atoms with Gasteiger partial charge in [-0.1, -0.05) is 57.4 Å². The second-order valence-corrected chi connectivity index (χ2v) is 18.8. The van der Waals surface area contributed by atoms with Crippen molar-refractivity contribution in [2.45, 2.75) is 82.7 Å². The molecule has 0 amide bonds. The van der Waals surface area contributed by atoms with E-state index >= 15 is 0 Å². The predicted molar refractivity (Wildman–Crippen MR) is 110 cm³/mol. The first-order valence-corrected chi connectivity index (χ1v) is 16.4. The number of furan rings is 1. The molecule has 0 aliphatic carbocycles. The largest absolute Gasteiger partial charge is 0.476 e. The average molecular weight is 364 g/mol. The first-order chi connectivity index (χ1) is 11.5. The second kappa shape index (κ2) is 7.92. The molecule has 0 spiro atoms. The van der Waals surface area contributed by atoms with Crippen molar-refractivity contribution in [2.75, 3.05) is 19.6 Å². The smallest absolute Gasteiger partial charge is 0.132 e.